The van der Waals surface area contributed by atoms with E-state index in [1.807, 2.05) is 54.4 Å². The number of likely N-dealkylation sites (N-methyl/N-ethyl adjacent to an activating group) is 1. The molecular formula is C18H21BrN2O. The fourth-order valence-corrected chi connectivity index (χ4v) is 2.74. The number of nitrogens with zero attached hydrogens (tertiary/aromatic N) is 1. The van der Waals surface area contributed by atoms with E-state index in [9.17, 15) is 4.79 Å². The van der Waals surface area contributed by atoms with E-state index >= 15 is 0 Å². The van der Waals surface area contributed by atoms with Gasteiger partial charge in [0.2, 0.25) is 0 Å². The standard InChI is InChI=1S/C18H21BrN2O/c1-21(18(22)15-7-9-16(19)10-8-15)17(11-12-20)13-14-5-3-2-4-6-14/h2-10,17H,11-13,20H2,1H3/t17-/m1/s1. The second-order valence-electron chi connectivity index (χ2n) is 5.34. The maximum atomic E-state index is 12.6. The monoisotopic (exact) mass is 360 g/mol. The number of hydrogen-bond acceptors (Lipinski definition) is 2. The number of nitrogens with two attached hydrogens (primary N) is 1. The molecule has 2 N–H and O–H groups in total. The molecule has 116 valence electrons. The van der Waals surface area contributed by atoms with Crippen LogP contribution < -0.4 is 5.73 Å². The number of amides is 1. The second kappa shape index (κ2) is 8.11. The summed E-state index contributed by atoms with van der Waals surface area (Å²) in [5.41, 5.74) is 7.65. The predicted octanol–water partition coefficient (Wildman–Crippen LogP) is 3.48. The number of benzene rings is 2. The molecular weight excluding hydrogens is 340 g/mol. The van der Waals surface area contributed by atoms with Crippen LogP contribution in [-0.2, 0) is 6.42 Å². The molecule has 0 aliphatic rings. The normalized spacial score (nSPS) is 12.0. The van der Waals surface area contributed by atoms with Crippen LogP contribution in [0.4, 0.5) is 0 Å². The van der Waals surface area contributed by atoms with Crippen LogP contribution in [0.15, 0.2) is 59.1 Å². The summed E-state index contributed by atoms with van der Waals surface area (Å²) >= 11 is 3.39. The topological polar surface area (TPSA) is 46.3 Å². The molecule has 0 saturated heterocycles. The zero-order chi connectivity index (χ0) is 15.9. The molecule has 1 amide bonds. The molecule has 0 spiro atoms. The number of halogens is 1. The lowest BCUT2D eigenvalue weighted by Gasteiger charge is -2.28. The molecule has 0 unspecified atom stereocenters. The van der Waals surface area contributed by atoms with Crippen molar-refractivity contribution in [3.05, 3.63) is 70.2 Å². The Morgan fingerprint density at radius 3 is 2.36 bits per heavy atom. The summed E-state index contributed by atoms with van der Waals surface area (Å²) in [5.74, 6) is 0.0295. The predicted molar refractivity (Wildman–Crippen MR) is 93.8 cm³/mol. The van der Waals surface area contributed by atoms with Crippen LogP contribution in [0.5, 0.6) is 0 Å². The van der Waals surface area contributed by atoms with Gasteiger partial charge in [0.25, 0.3) is 5.91 Å². The van der Waals surface area contributed by atoms with Gasteiger partial charge >= 0.3 is 0 Å². The van der Waals surface area contributed by atoms with Crippen molar-refractivity contribution >= 4 is 21.8 Å². The van der Waals surface area contributed by atoms with Gasteiger partial charge in [-0.25, -0.2) is 0 Å². The summed E-state index contributed by atoms with van der Waals surface area (Å²) in [6.07, 6.45) is 1.60. The SMILES string of the molecule is CN(C(=O)c1ccc(Br)cc1)[C@H](CCN)Cc1ccccc1. The first-order chi connectivity index (χ1) is 10.6. The molecule has 2 aromatic carbocycles. The quantitative estimate of drug-likeness (QED) is 0.856. The molecule has 0 radical (unpaired) electrons. The lowest BCUT2D eigenvalue weighted by molar-refractivity contribution is 0.0725. The van der Waals surface area contributed by atoms with Crippen molar-refractivity contribution in [2.24, 2.45) is 5.73 Å². The van der Waals surface area contributed by atoms with Crippen LogP contribution in [0, 0.1) is 0 Å². The molecule has 2 rings (SSSR count). The Labute approximate surface area is 140 Å². The highest BCUT2D eigenvalue weighted by atomic mass is 79.9. The minimum Gasteiger partial charge on any atom is -0.338 e. The Hall–Kier alpha value is -1.65. The Kier molecular flexibility index (Phi) is 6.16. The third-order valence-corrected chi connectivity index (χ3v) is 4.30. The van der Waals surface area contributed by atoms with E-state index in [1.165, 1.54) is 5.56 Å². The lowest BCUT2D eigenvalue weighted by Crippen LogP contribution is -2.39. The number of hydrogen-bond donors (Lipinski definition) is 1. The third kappa shape index (κ3) is 4.42. The molecule has 0 fully saturated rings. The van der Waals surface area contributed by atoms with Crippen molar-refractivity contribution in [2.75, 3.05) is 13.6 Å². The van der Waals surface area contributed by atoms with Gasteiger partial charge in [-0.3, -0.25) is 4.79 Å². The summed E-state index contributed by atoms with van der Waals surface area (Å²) in [6.45, 7) is 0.565. The van der Waals surface area contributed by atoms with E-state index in [0.717, 1.165) is 17.3 Å². The highest BCUT2D eigenvalue weighted by Crippen LogP contribution is 2.16. The summed E-state index contributed by atoms with van der Waals surface area (Å²) in [5, 5.41) is 0. The first kappa shape index (κ1) is 16.7. The third-order valence-electron chi connectivity index (χ3n) is 3.77. The van der Waals surface area contributed by atoms with Gasteiger partial charge in [0, 0.05) is 23.1 Å². The molecule has 0 aliphatic heterocycles. The van der Waals surface area contributed by atoms with Gasteiger partial charge in [0.1, 0.15) is 0 Å². The number of carbonyl (C=O) groups excluding carboxylic acids is 1. The van der Waals surface area contributed by atoms with E-state index in [0.29, 0.717) is 12.1 Å². The maximum Gasteiger partial charge on any atom is 0.253 e. The van der Waals surface area contributed by atoms with E-state index in [4.69, 9.17) is 5.73 Å². The molecule has 22 heavy (non-hydrogen) atoms. The van der Waals surface area contributed by atoms with E-state index in [1.54, 1.807) is 0 Å². The van der Waals surface area contributed by atoms with Gasteiger partial charge < -0.3 is 10.6 Å². The first-order valence-electron chi connectivity index (χ1n) is 7.38. The molecule has 2 aromatic rings. The lowest BCUT2D eigenvalue weighted by atomic mass is 10.0. The Bertz CT molecular complexity index is 598. The van der Waals surface area contributed by atoms with Crippen molar-refractivity contribution in [1.82, 2.24) is 4.90 Å². The van der Waals surface area contributed by atoms with Gasteiger partial charge in [-0.2, -0.15) is 0 Å². The van der Waals surface area contributed by atoms with E-state index in [2.05, 4.69) is 28.1 Å². The van der Waals surface area contributed by atoms with E-state index < -0.39 is 0 Å². The molecule has 4 heteroatoms. The minimum atomic E-state index is 0.0295. The molecule has 0 aliphatic carbocycles. The van der Waals surface area contributed by atoms with Crippen molar-refractivity contribution in [1.29, 1.82) is 0 Å². The zero-order valence-corrected chi connectivity index (χ0v) is 14.3. The van der Waals surface area contributed by atoms with Crippen molar-refractivity contribution in [2.45, 2.75) is 18.9 Å². The molecule has 0 saturated carbocycles. The van der Waals surface area contributed by atoms with Crippen molar-refractivity contribution < 1.29 is 4.79 Å². The summed E-state index contributed by atoms with van der Waals surface area (Å²) in [6, 6.07) is 17.8. The van der Waals surface area contributed by atoms with Crippen LogP contribution in [-0.4, -0.2) is 30.4 Å². The minimum absolute atomic E-state index is 0.0295. The van der Waals surface area contributed by atoms with Crippen molar-refractivity contribution in [3.8, 4) is 0 Å². The van der Waals surface area contributed by atoms with Gasteiger partial charge in [-0.15, -0.1) is 0 Å². The van der Waals surface area contributed by atoms with Crippen LogP contribution in [0.2, 0.25) is 0 Å². The zero-order valence-electron chi connectivity index (χ0n) is 12.7. The summed E-state index contributed by atoms with van der Waals surface area (Å²) in [7, 11) is 1.85. The highest BCUT2D eigenvalue weighted by molar-refractivity contribution is 9.10. The highest BCUT2D eigenvalue weighted by Gasteiger charge is 2.20. The van der Waals surface area contributed by atoms with Crippen LogP contribution in [0.3, 0.4) is 0 Å². The number of carbonyl (C=O) groups is 1. The largest absolute Gasteiger partial charge is 0.338 e. The maximum absolute atomic E-state index is 12.6. The Morgan fingerprint density at radius 2 is 1.77 bits per heavy atom. The summed E-state index contributed by atoms with van der Waals surface area (Å²) in [4.78, 5) is 14.4. The summed E-state index contributed by atoms with van der Waals surface area (Å²) < 4.78 is 0.967. The fourth-order valence-electron chi connectivity index (χ4n) is 2.47. The fraction of sp³-hybridized carbons (Fsp3) is 0.278. The molecule has 0 aromatic heterocycles. The van der Waals surface area contributed by atoms with Crippen LogP contribution in [0.25, 0.3) is 0 Å². The van der Waals surface area contributed by atoms with Gasteiger partial charge in [0.05, 0.1) is 0 Å². The molecule has 1 atom stereocenters. The smallest absolute Gasteiger partial charge is 0.253 e. The van der Waals surface area contributed by atoms with E-state index in [-0.39, 0.29) is 11.9 Å². The second-order valence-corrected chi connectivity index (χ2v) is 6.26. The molecule has 3 nitrogen and oxygen atoms in total. The number of rotatable bonds is 6. The van der Waals surface area contributed by atoms with Gasteiger partial charge in [0.15, 0.2) is 0 Å². The van der Waals surface area contributed by atoms with Gasteiger partial charge in [-0.1, -0.05) is 46.3 Å². The average molecular weight is 361 g/mol. The van der Waals surface area contributed by atoms with Gasteiger partial charge in [-0.05, 0) is 49.2 Å². The van der Waals surface area contributed by atoms with Crippen LogP contribution >= 0.6 is 15.9 Å². The Morgan fingerprint density at radius 1 is 1.14 bits per heavy atom. The molecule has 0 heterocycles. The Balaban J connectivity index is 2.13. The van der Waals surface area contributed by atoms with Crippen molar-refractivity contribution in [3.63, 3.8) is 0 Å². The van der Waals surface area contributed by atoms with Crippen LogP contribution in [0.1, 0.15) is 22.3 Å². The average Bonchev–Trinajstić information content (AvgIpc) is 2.55. The first-order valence-corrected chi connectivity index (χ1v) is 8.18. The molecule has 0 bridgehead atoms.